The Kier molecular flexibility index (Phi) is 5.75. The second kappa shape index (κ2) is 8.01. The van der Waals surface area contributed by atoms with Gasteiger partial charge in [-0.05, 0) is 42.5 Å². The van der Waals surface area contributed by atoms with Gasteiger partial charge in [-0.15, -0.1) is 0 Å². The van der Waals surface area contributed by atoms with Gasteiger partial charge in [-0.3, -0.25) is 9.59 Å². The quantitative estimate of drug-likeness (QED) is 0.647. The number of rotatable bonds is 4. The third-order valence-electron chi connectivity index (χ3n) is 4.32. The van der Waals surface area contributed by atoms with Gasteiger partial charge in [0.15, 0.2) is 6.61 Å². The van der Waals surface area contributed by atoms with Gasteiger partial charge in [-0.2, -0.15) is 0 Å². The predicted octanol–water partition coefficient (Wildman–Crippen LogP) is 2.81. The Bertz CT molecular complexity index is 708. The van der Waals surface area contributed by atoms with Crippen molar-refractivity contribution in [1.82, 2.24) is 10.2 Å². The third-order valence-corrected chi connectivity index (χ3v) is 5.48. The number of carbonyl (C=O) groups is 2. The number of piperidine rings is 1. The maximum atomic E-state index is 12.2. The van der Waals surface area contributed by atoms with E-state index in [1.165, 1.54) is 11.8 Å². The summed E-state index contributed by atoms with van der Waals surface area (Å²) in [5.74, 6) is 1.20. The molecule has 0 spiro atoms. The number of amides is 2. The molecule has 0 atom stereocenters. The van der Waals surface area contributed by atoms with Gasteiger partial charge in [0.25, 0.3) is 11.8 Å². The van der Waals surface area contributed by atoms with Gasteiger partial charge in [0.1, 0.15) is 10.1 Å². The molecule has 2 heterocycles. The van der Waals surface area contributed by atoms with Crippen LogP contribution in [0.5, 0.6) is 5.75 Å². The lowest BCUT2D eigenvalue weighted by atomic mass is 9.99. The van der Waals surface area contributed by atoms with Gasteiger partial charge in [0.05, 0.1) is 4.91 Å². The van der Waals surface area contributed by atoms with E-state index in [0.29, 0.717) is 20.9 Å². The molecule has 132 valence electrons. The summed E-state index contributed by atoms with van der Waals surface area (Å²) in [6.45, 7) is 3.91. The first-order chi connectivity index (χ1) is 12.0. The highest BCUT2D eigenvalue weighted by Crippen LogP contribution is 2.26. The van der Waals surface area contributed by atoms with Gasteiger partial charge in [-0.25, -0.2) is 0 Å². The fourth-order valence-electron chi connectivity index (χ4n) is 2.73. The second-order valence-corrected chi connectivity index (χ2v) is 7.99. The Morgan fingerprint density at radius 2 is 2.04 bits per heavy atom. The van der Waals surface area contributed by atoms with E-state index in [0.717, 1.165) is 31.5 Å². The molecule has 1 aromatic rings. The molecule has 0 saturated carbocycles. The number of ether oxygens (including phenoxy) is 1. The van der Waals surface area contributed by atoms with Crippen molar-refractivity contribution in [3.05, 3.63) is 34.7 Å². The molecular formula is C18H20N2O3S2. The van der Waals surface area contributed by atoms with Crippen LogP contribution >= 0.6 is 24.0 Å². The van der Waals surface area contributed by atoms with E-state index >= 15 is 0 Å². The van der Waals surface area contributed by atoms with Crippen LogP contribution in [-0.2, 0) is 9.59 Å². The van der Waals surface area contributed by atoms with Crippen molar-refractivity contribution in [1.29, 1.82) is 0 Å². The number of hydrogen-bond donors (Lipinski definition) is 1. The van der Waals surface area contributed by atoms with E-state index in [2.05, 4.69) is 12.2 Å². The number of hydrogen-bond acceptors (Lipinski definition) is 5. The summed E-state index contributed by atoms with van der Waals surface area (Å²) in [4.78, 5) is 26.3. The fourth-order valence-corrected chi connectivity index (χ4v) is 3.77. The lowest BCUT2D eigenvalue weighted by Gasteiger charge is -2.30. The molecular weight excluding hydrogens is 356 g/mol. The van der Waals surface area contributed by atoms with E-state index in [4.69, 9.17) is 17.0 Å². The second-order valence-electron chi connectivity index (χ2n) is 6.27. The van der Waals surface area contributed by atoms with Crippen molar-refractivity contribution in [2.24, 2.45) is 5.92 Å². The average Bonchev–Trinajstić information content (AvgIpc) is 2.92. The third kappa shape index (κ3) is 4.83. The van der Waals surface area contributed by atoms with Gasteiger partial charge in [0, 0.05) is 13.1 Å². The number of likely N-dealkylation sites (tertiary alicyclic amines) is 1. The molecule has 0 radical (unpaired) electrons. The summed E-state index contributed by atoms with van der Waals surface area (Å²) < 4.78 is 6.07. The molecule has 2 amide bonds. The largest absolute Gasteiger partial charge is 0.484 e. The molecule has 2 saturated heterocycles. The minimum atomic E-state index is -0.170. The number of nitrogens with zero attached hydrogens (tertiary/aromatic N) is 1. The number of benzene rings is 1. The highest BCUT2D eigenvalue weighted by Gasteiger charge is 2.22. The molecule has 1 aromatic carbocycles. The molecule has 2 aliphatic rings. The lowest BCUT2D eigenvalue weighted by Crippen LogP contribution is -2.40. The molecule has 25 heavy (non-hydrogen) atoms. The molecule has 2 fully saturated rings. The molecule has 0 aromatic heterocycles. The highest BCUT2D eigenvalue weighted by atomic mass is 32.2. The van der Waals surface area contributed by atoms with E-state index in [9.17, 15) is 9.59 Å². The van der Waals surface area contributed by atoms with Crippen LogP contribution in [0.4, 0.5) is 0 Å². The number of thiocarbonyl (C=S) groups is 1. The highest BCUT2D eigenvalue weighted by molar-refractivity contribution is 8.26. The molecule has 1 N–H and O–H groups in total. The zero-order chi connectivity index (χ0) is 17.8. The first kappa shape index (κ1) is 17.9. The normalized spacial score (nSPS) is 20.0. The van der Waals surface area contributed by atoms with Crippen molar-refractivity contribution in [2.75, 3.05) is 19.7 Å². The molecule has 0 aliphatic carbocycles. The van der Waals surface area contributed by atoms with E-state index in [1.54, 1.807) is 18.2 Å². The first-order valence-electron chi connectivity index (χ1n) is 8.27. The Labute approximate surface area is 156 Å². The van der Waals surface area contributed by atoms with Gasteiger partial charge in [0.2, 0.25) is 0 Å². The van der Waals surface area contributed by atoms with Crippen LogP contribution < -0.4 is 10.1 Å². The smallest absolute Gasteiger partial charge is 0.263 e. The van der Waals surface area contributed by atoms with Crippen LogP contribution in [0.15, 0.2) is 29.2 Å². The Morgan fingerprint density at radius 3 is 2.64 bits per heavy atom. The average molecular weight is 377 g/mol. The van der Waals surface area contributed by atoms with Crippen molar-refractivity contribution >= 4 is 46.2 Å². The summed E-state index contributed by atoms with van der Waals surface area (Å²) >= 11 is 6.22. The van der Waals surface area contributed by atoms with Crippen molar-refractivity contribution < 1.29 is 14.3 Å². The molecule has 0 unspecified atom stereocenters. The minimum absolute atomic E-state index is 0.0330. The monoisotopic (exact) mass is 376 g/mol. The van der Waals surface area contributed by atoms with Crippen LogP contribution in [0, 0.1) is 5.92 Å². The Morgan fingerprint density at radius 1 is 1.36 bits per heavy atom. The van der Waals surface area contributed by atoms with Gasteiger partial charge < -0.3 is 15.0 Å². The summed E-state index contributed by atoms with van der Waals surface area (Å²) in [6.07, 6.45) is 3.90. The van der Waals surface area contributed by atoms with Crippen LogP contribution in [0.3, 0.4) is 0 Å². The predicted molar refractivity (Wildman–Crippen MR) is 103 cm³/mol. The van der Waals surface area contributed by atoms with Crippen molar-refractivity contribution in [2.45, 2.75) is 19.8 Å². The van der Waals surface area contributed by atoms with Gasteiger partial charge >= 0.3 is 0 Å². The van der Waals surface area contributed by atoms with E-state index < -0.39 is 0 Å². The summed E-state index contributed by atoms with van der Waals surface area (Å²) in [5.41, 5.74) is 0.881. The minimum Gasteiger partial charge on any atom is -0.484 e. The lowest BCUT2D eigenvalue weighted by molar-refractivity contribution is -0.134. The number of carbonyl (C=O) groups excluding carboxylic acids is 2. The van der Waals surface area contributed by atoms with E-state index in [1.807, 2.05) is 17.0 Å². The zero-order valence-corrected chi connectivity index (χ0v) is 15.6. The Hall–Kier alpha value is -1.86. The van der Waals surface area contributed by atoms with Crippen LogP contribution in [-0.4, -0.2) is 40.7 Å². The zero-order valence-electron chi connectivity index (χ0n) is 14.0. The number of thioether (sulfide) groups is 1. The van der Waals surface area contributed by atoms with Crippen LogP contribution in [0.25, 0.3) is 6.08 Å². The van der Waals surface area contributed by atoms with Crippen molar-refractivity contribution in [3.8, 4) is 5.75 Å². The number of nitrogens with one attached hydrogen (secondary N) is 1. The van der Waals surface area contributed by atoms with E-state index in [-0.39, 0.29) is 18.4 Å². The van der Waals surface area contributed by atoms with Crippen molar-refractivity contribution in [3.63, 3.8) is 0 Å². The molecule has 7 heteroatoms. The van der Waals surface area contributed by atoms with Crippen LogP contribution in [0.2, 0.25) is 0 Å². The van der Waals surface area contributed by atoms with Gasteiger partial charge in [-0.1, -0.05) is 43.0 Å². The maximum absolute atomic E-state index is 12.2. The standard InChI is InChI=1S/C18H20N2O3S2/c1-12-6-8-20(9-7-12)16(21)11-23-14-4-2-13(3-5-14)10-15-17(22)19-18(24)25-15/h2-5,10,12H,6-9,11H2,1H3,(H,19,22,24)/b15-10-. The summed E-state index contributed by atoms with van der Waals surface area (Å²) in [5, 5.41) is 2.59. The molecule has 3 rings (SSSR count). The first-order valence-corrected chi connectivity index (χ1v) is 9.49. The fraction of sp³-hybridized carbons (Fsp3) is 0.389. The molecule has 5 nitrogen and oxygen atoms in total. The Balaban J connectivity index is 1.53. The molecule has 2 aliphatic heterocycles. The topological polar surface area (TPSA) is 58.6 Å². The molecule has 0 bridgehead atoms. The SMILES string of the molecule is CC1CCN(C(=O)COc2ccc(/C=C3\SC(=S)NC3=O)cc2)CC1. The summed E-state index contributed by atoms with van der Waals surface area (Å²) in [6, 6.07) is 7.30. The summed E-state index contributed by atoms with van der Waals surface area (Å²) in [7, 11) is 0. The maximum Gasteiger partial charge on any atom is 0.263 e. The van der Waals surface area contributed by atoms with Crippen LogP contribution in [0.1, 0.15) is 25.3 Å².